The van der Waals surface area contributed by atoms with Crippen LogP contribution in [0, 0.1) is 0 Å². The van der Waals surface area contributed by atoms with Crippen molar-refractivity contribution in [2.24, 2.45) is 0 Å². The lowest BCUT2D eigenvalue weighted by Gasteiger charge is -2.11. The molecular formula is C34H38. The largest absolute Gasteiger partial charge is 0.0654 e. The standard InChI is InChI=1S/C34H38/c1-3-5-7-9-12-25-16-17-27-19-30-23-33-24-34-26(13-10-8-6-4-2)14-11-15-28(34)20-31(33)22-32(30)21-29(27)18-25/h11,14-24H,3-10,12-13H2,1-2H3. The third kappa shape index (κ3) is 4.97. The molecule has 5 rings (SSSR count). The summed E-state index contributed by atoms with van der Waals surface area (Å²) >= 11 is 0. The second-order valence-electron chi connectivity index (χ2n) is 10.2. The molecule has 0 unspecified atom stereocenters. The first kappa shape index (κ1) is 22.9. The third-order valence-electron chi connectivity index (χ3n) is 7.52. The van der Waals surface area contributed by atoms with E-state index in [0.29, 0.717) is 0 Å². The van der Waals surface area contributed by atoms with Gasteiger partial charge in [0.15, 0.2) is 0 Å². The molecule has 0 spiro atoms. The Bertz CT molecular complexity index is 1410. The minimum atomic E-state index is 1.18. The summed E-state index contributed by atoms with van der Waals surface area (Å²) < 4.78 is 0. The van der Waals surface area contributed by atoms with Gasteiger partial charge in [-0.05, 0) is 116 Å². The van der Waals surface area contributed by atoms with Gasteiger partial charge >= 0.3 is 0 Å². The van der Waals surface area contributed by atoms with Crippen LogP contribution in [0.5, 0.6) is 0 Å². The Kier molecular flexibility index (Phi) is 7.14. The molecule has 0 N–H and O–H groups in total. The fraction of sp³-hybridized carbons (Fsp3) is 0.353. The minimum Gasteiger partial charge on any atom is -0.0654 e. The van der Waals surface area contributed by atoms with Crippen molar-refractivity contribution in [1.29, 1.82) is 0 Å². The Morgan fingerprint density at radius 1 is 0.441 bits per heavy atom. The molecule has 0 saturated heterocycles. The van der Waals surface area contributed by atoms with E-state index in [2.05, 4.69) is 86.6 Å². The zero-order valence-corrected chi connectivity index (χ0v) is 21.0. The highest BCUT2D eigenvalue weighted by atomic mass is 14.1. The van der Waals surface area contributed by atoms with Gasteiger partial charge in [-0.25, -0.2) is 0 Å². The number of rotatable bonds is 10. The van der Waals surface area contributed by atoms with E-state index >= 15 is 0 Å². The highest BCUT2D eigenvalue weighted by Gasteiger charge is 2.07. The van der Waals surface area contributed by atoms with Crippen LogP contribution in [-0.4, -0.2) is 0 Å². The third-order valence-corrected chi connectivity index (χ3v) is 7.52. The summed E-state index contributed by atoms with van der Waals surface area (Å²) in [5.41, 5.74) is 2.97. The number of aryl methyl sites for hydroxylation is 2. The lowest BCUT2D eigenvalue weighted by Crippen LogP contribution is -1.89. The maximum atomic E-state index is 2.43. The molecule has 174 valence electrons. The summed E-state index contributed by atoms with van der Waals surface area (Å²) in [7, 11) is 0. The van der Waals surface area contributed by atoms with Gasteiger partial charge in [-0.1, -0.05) is 88.8 Å². The highest BCUT2D eigenvalue weighted by Crippen LogP contribution is 2.32. The van der Waals surface area contributed by atoms with Crippen molar-refractivity contribution in [2.75, 3.05) is 0 Å². The van der Waals surface area contributed by atoms with E-state index in [1.807, 2.05) is 0 Å². The van der Waals surface area contributed by atoms with Crippen LogP contribution in [0.1, 0.15) is 76.3 Å². The lowest BCUT2D eigenvalue weighted by molar-refractivity contribution is 0.667. The number of unbranched alkanes of at least 4 members (excludes halogenated alkanes) is 6. The monoisotopic (exact) mass is 446 g/mol. The molecule has 0 aliphatic heterocycles. The maximum absolute atomic E-state index is 2.43. The molecule has 0 nitrogen and oxygen atoms in total. The number of hydrogen-bond donors (Lipinski definition) is 0. The van der Waals surface area contributed by atoms with Crippen molar-refractivity contribution in [3.63, 3.8) is 0 Å². The van der Waals surface area contributed by atoms with Crippen LogP contribution in [0.2, 0.25) is 0 Å². The minimum absolute atomic E-state index is 1.18. The van der Waals surface area contributed by atoms with Crippen molar-refractivity contribution in [3.05, 3.63) is 83.9 Å². The Morgan fingerprint density at radius 3 is 1.74 bits per heavy atom. The summed E-state index contributed by atoms with van der Waals surface area (Å²) in [4.78, 5) is 0. The highest BCUT2D eigenvalue weighted by molar-refractivity contribution is 6.08. The fourth-order valence-electron chi connectivity index (χ4n) is 5.51. The van der Waals surface area contributed by atoms with Crippen molar-refractivity contribution < 1.29 is 0 Å². The summed E-state index contributed by atoms with van der Waals surface area (Å²) in [6.07, 6.45) is 12.9. The normalized spacial score (nSPS) is 11.8. The molecule has 0 heterocycles. The van der Waals surface area contributed by atoms with E-state index < -0.39 is 0 Å². The molecule has 0 radical (unpaired) electrons. The second kappa shape index (κ2) is 10.6. The Hall–Kier alpha value is -2.86. The molecule has 0 saturated carbocycles. The molecular weight excluding hydrogens is 408 g/mol. The molecule has 0 aliphatic rings. The first-order valence-electron chi connectivity index (χ1n) is 13.6. The average molecular weight is 447 g/mol. The molecule has 5 aromatic carbocycles. The lowest BCUT2D eigenvalue weighted by atomic mass is 9.94. The number of benzene rings is 5. The quantitative estimate of drug-likeness (QED) is 0.148. The topological polar surface area (TPSA) is 0 Å². The van der Waals surface area contributed by atoms with Gasteiger partial charge in [0.05, 0.1) is 0 Å². The van der Waals surface area contributed by atoms with Gasteiger partial charge in [0.1, 0.15) is 0 Å². The zero-order valence-electron chi connectivity index (χ0n) is 21.0. The van der Waals surface area contributed by atoms with E-state index in [0.717, 1.165) is 0 Å². The average Bonchev–Trinajstić information content (AvgIpc) is 2.85. The van der Waals surface area contributed by atoms with Crippen molar-refractivity contribution in [2.45, 2.75) is 78.1 Å². The van der Waals surface area contributed by atoms with E-state index in [-0.39, 0.29) is 0 Å². The van der Waals surface area contributed by atoms with Crippen LogP contribution in [0.25, 0.3) is 43.1 Å². The van der Waals surface area contributed by atoms with Crippen LogP contribution in [-0.2, 0) is 12.8 Å². The van der Waals surface area contributed by atoms with Crippen molar-refractivity contribution in [1.82, 2.24) is 0 Å². The van der Waals surface area contributed by atoms with E-state index in [1.165, 1.54) is 118 Å². The summed E-state index contributed by atoms with van der Waals surface area (Å²) in [6.45, 7) is 4.56. The van der Waals surface area contributed by atoms with E-state index in [1.54, 1.807) is 0 Å². The fourth-order valence-corrected chi connectivity index (χ4v) is 5.51. The van der Waals surface area contributed by atoms with Crippen LogP contribution in [0.3, 0.4) is 0 Å². The molecule has 0 fully saturated rings. The van der Waals surface area contributed by atoms with Crippen LogP contribution < -0.4 is 0 Å². The van der Waals surface area contributed by atoms with Crippen LogP contribution in [0.15, 0.2) is 72.8 Å². The second-order valence-corrected chi connectivity index (χ2v) is 10.2. The molecule has 0 atom stereocenters. The van der Waals surface area contributed by atoms with Gasteiger partial charge in [-0.2, -0.15) is 0 Å². The zero-order chi connectivity index (χ0) is 23.3. The van der Waals surface area contributed by atoms with Gasteiger partial charge in [-0.15, -0.1) is 0 Å². The SMILES string of the molecule is CCCCCCc1ccc2cc3cc4cc5c(CCCCCC)cccc5cc4cc3cc2c1. The van der Waals surface area contributed by atoms with Crippen LogP contribution in [0.4, 0.5) is 0 Å². The van der Waals surface area contributed by atoms with Gasteiger partial charge in [0.2, 0.25) is 0 Å². The molecule has 5 aromatic rings. The maximum Gasteiger partial charge on any atom is -0.0146 e. The Balaban J connectivity index is 1.50. The molecule has 0 bridgehead atoms. The number of fused-ring (bicyclic) bond motifs is 4. The van der Waals surface area contributed by atoms with Crippen molar-refractivity contribution >= 4 is 43.1 Å². The molecule has 0 heteroatoms. The Morgan fingerprint density at radius 2 is 1.03 bits per heavy atom. The summed E-state index contributed by atoms with van der Waals surface area (Å²) in [6, 6.07) is 28.3. The van der Waals surface area contributed by atoms with E-state index in [9.17, 15) is 0 Å². The smallest absolute Gasteiger partial charge is 0.0146 e. The first-order chi connectivity index (χ1) is 16.7. The molecule has 0 aliphatic carbocycles. The Labute approximate surface area is 205 Å². The summed E-state index contributed by atoms with van der Waals surface area (Å²) in [5, 5.41) is 10.9. The number of hydrogen-bond acceptors (Lipinski definition) is 0. The predicted octanol–water partition coefficient (Wildman–Crippen LogP) is 10.5. The summed E-state index contributed by atoms with van der Waals surface area (Å²) in [5.74, 6) is 0. The van der Waals surface area contributed by atoms with E-state index in [4.69, 9.17) is 0 Å². The first-order valence-corrected chi connectivity index (χ1v) is 13.6. The molecule has 34 heavy (non-hydrogen) atoms. The van der Waals surface area contributed by atoms with Gasteiger partial charge in [0, 0.05) is 0 Å². The van der Waals surface area contributed by atoms with Crippen LogP contribution >= 0.6 is 0 Å². The van der Waals surface area contributed by atoms with Crippen molar-refractivity contribution in [3.8, 4) is 0 Å². The molecule has 0 amide bonds. The van der Waals surface area contributed by atoms with Gasteiger partial charge < -0.3 is 0 Å². The van der Waals surface area contributed by atoms with Gasteiger partial charge in [-0.3, -0.25) is 0 Å². The predicted molar refractivity (Wildman–Crippen MR) is 152 cm³/mol. The molecule has 0 aromatic heterocycles. The van der Waals surface area contributed by atoms with Gasteiger partial charge in [0.25, 0.3) is 0 Å².